The van der Waals surface area contributed by atoms with E-state index in [9.17, 15) is 17.2 Å². The minimum absolute atomic E-state index is 0.0832. The average Bonchev–Trinajstić information content (AvgIpc) is 2.91. The average molecular weight is 603 g/mol. The summed E-state index contributed by atoms with van der Waals surface area (Å²) in [5, 5.41) is 4.47. The predicted molar refractivity (Wildman–Crippen MR) is 162 cm³/mol. The zero-order valence-corrected chi connectivity index (χ0v) is 25.4. The van der Waals surface area contributed by atoms with Gasteiger partial charge in [0.1, 0.15) is 5.82 Å². The quantitative estimate of drug-likeness (QED) is 0.290. The smallest absolute Gasteiger partial charge is 0.246 e. The first kappa shape index (κ1) is 30.5. The van der Waals surface area contributed by atoms with Crippen molar-refractivity contribution < 1.29 is 21.9 Å². The molecule has 0 radical (unpaired) electrons. The second-order valence-corrected chi connectivity index (χ2v) is 13.9. The first-order valence-electron chi connectivity index (χ1n) is 14.6. The molecule has 228 valence electrons. The number of aromatic nitrogens is 3. The second kappa shape index (κ2) is 12.3. The number of benzene rings is 1. The topological polar surface area (TPSA) is 109 Å². The maximum absolute atomic E-state index is 13.1. The number of anilines is 2. The number of pyridine rings is 1. The molecule has 2 aromatic heterocycles. The maximum Gasteiger partial charge on any atom is 0.246 e. The second-order valence-electron chi connectivity index (χ2n) is 12.0. The molecule has 0 unspecified atom stereocenters. The number of hydrogen-bond acceptors (Lipinski definition) is 8. The molecule has 42 heavy (non-hydrogen) atoms. The van der Waals surface area contributed by atoms with Crippen molar-refractivity contribution in [3.8, 4) is 11.1 Å². The van der Waals surface area contributed by atoms with Gasteiger partial charge in [-0.15, -0.1) is 0 Å². The van der Waals surface area contributed by atoms with E-state index < -0.39 is 28.1 Å². The van der Waals surface area contributed by atoms with Gasteiger partial charge in [0.15, 0.2) is 0 Å². The highest BCUT2D eigenvalue weighted by molar-refractivity contribution is 7.92. The fraction of sp³-hybridized carbons (Fsp3) is 0.567. The molecule has 0 spiro atoms. The van der Waals surface area contributed by atoms with Crippen molar-refractivity contribution in [1.82, 2.24) is 19.9 Å². The van der Waals surface area contributed by atoms with Crippen LogP contribution in [0.4, 0.5) is 20.5 Å². The summed E-state index contributed by atoms with van der Waals surface area (Å²) in [5.74, 6) is -2.82. The molecule has 0 atom stereocenters. The molecule has 5 rings (SSSR count). The summed E-state index contributed by atoms with van der Waals surface area (Å²) in [6, 6.07) is 8.86. The number of rotatable bonds is 11. The molecule has 12 heteroatoms. The zero-order chi connectivity index (χ0) is 30.1. The van der Waals surface area contributed by atoms with Gasteiger partial charge in [-0.3, -0.25) is 9.62 Å². The number of likely N-dealkylation sites (N-methyl/N-ethyl adjacent to an activating group) is 1. The molecular formula is C30H40F2N6O3S. The maximum atomic E-state index is 13.1. The number of sulfonamides is 1. The molecule has 0 bridgehead atoms. The molecule has 2 fully saturated rings. The van der Waals surface area contributed by atoms with Crippen LogP contribution in [-0.2, 0) is 14.8 Å². The number of fused-ring (bicyclic) bond motifs is 1. The monoisotopic (exact) mass is 602 g/mol. The Morgan fingerprint density at radius 2 is 1.79 bits per heavy atom. The largest absolute Gasteiger partial charge is 0.378 e. The van der Waals surface area contributed by atoms with Crippen LogP contribution in [0.15, 0.2) is 36.7 Å². The Kier molecular flexibility index (Phi) is 8.96. The van der Waals surface area contributed by atoms with Gasteiger partial charge in [0.05, 0.1) is 30.5 Å². The van der Waals surface area contributed by atoms with E-state index in [2.05, 4.69) is 51.9 Å². The number of nitrogens with one attached hydrogen (secondary N) is 2. The molecule has 1 saturated heterocycles. The van der Waals surface area contributed by atoms with E-state index in [-0.39, 0.29) is 11.7 Å². The Hall–Kier alpha value is -2.96. The standard InChI is InChI=1S/C30H40F2N6O3S/c1-19(2)26-14-21(20-5-10-27(33-15-20)37-42(39,40)12-11-30(3,31)32)13-22-16-34-29(36-28(22)26)35-23-6-8-24(9-7-23)38(4)25-17-41-18-25/h5,10,13-16,19,23-25H,6-9,11-12,17-18H2,1-4H3,(H,33,37)(H,34,35,36)/t23-,24-. The summed E-state index contributed by atoms with van der Waals surface area (Å²) in [6.45, 7) is 6.62. The van der Waals surface area contributed by atoms with Gasteiger partial charge in [0.2, 0.25) is 21.9 Å². The normalized spacial score (nSPS) is 20.2. The van der Waals surface area contributed by atoms with Crippen LogP contribution in [0.2, 0.25) is 0 Å². The van der Waals surface area contributed by atoms with Gasteiger partial charge in [-0.1, -0.05) is 13.8 Å². The molecule has 2 N–H and O–H groups in total. The molecule has 9 nitrogen and oxygen atoms in total. The van der Waals surface area contributed by atoms with Crippen molar-refractivity contribution in [3.63, 3.8) is 0 Å². The third kappa shape index (κ3) is 7.51. The molecule has 1 aliphatic carbocycles. The highest BCUT2D eigenvalue weighted by Crippen LogP contribution is 2.32. The van der Waals surface area contributed by atoms with Crippen LogP contribution in [0.3, 0.4) is 0 Å². The molecule has 1 aliphatic heterocycles. The van der Waals surface area contributed by atoms with Gasteiger partial charge < -0.3 is 10.1 Å². The van der Waals surface area contributed by atoms with Gasteiger partial charge >= 0.3 is 0 Å². The third-order valence-corrected chi connectivity index (χ3v) is 9.57. The third-order valence-electron chi connectivity index (χ3n) is 8.30. The van der Waals surface area contributed by atoms with Gasteiger partial charge in [-0.05, 0) is 81.0 Å². The minimum Gasteiger partial charge on any atom is -0.378 e. The van der Waals surface area contributed by atoms with Crippen molar-refractivity contribution in [1.29, 1.82) is 0 Å². The molecule has 1 aromatic carbocycles. The number of nitrogens with zero attached hydrogens (tertiary/aromatic N) is 4. The molecule has 3 aromatic rings. The van der Waals surface area contributed by atoms with E-state index in [1.165, 1.54) is 6.07 Å². The predicted octanol–water partition coefficient (Wildman–Crippen LogP) is 5.66. The molecule has 1 saturated carbocycles. The van der Waals surface area contributed by atoms with Crippen molar-refractivity contribution in [3.05, 3.63) is 42.2 Å². The number of halogens is 2. The molecule has 3 heterocycles. The van der Waals surface area contributed by atoms with Gasteiger partial charge in [-0.2, -0.15) is 0 Å². The lowest BCUT2D eigenvalue weighted by molar-refractivity contribution is -0.0736. The van der Waals surface area contributed by atoms with E-state index in [4.69, 9.17) is 9.72 Å². The van der Waals surface area contributed by atoms with E-state index in [0.717, 1.165) is 66.5 Å². The van der Waals surface area contributed by atoms with Gasteiger partial charge in [-0.25, -0.2) is 32.2 Å². The van der Waals surface area contributed by atoms with Gasteiger partial charge in [0, 0.05) is 41.8 Å². The SMILES string of the molecule is CC(C)c1cc(-c2ccc(NS(=O)(=O)CCC(C)(F)F)nc2)cc2cnc(N[C@H]3CC[C@H](N(C)C4COC4)CC3)nc12. The summed E-state index contributed by atoms with van der Waals surface area (Å²) in [7, 11) is -1.72. The molecule has 0 amide bonds. The summed E-state index contributed by atoms with van der Waals surface area (Å²) in [6.07, 6.45) is 7.08. The molecule has 2 aliphatic rings. The van der Waals surface area contributed by atoms with E-state index in [1.54, 1.807) is 12.3 Å². The Balaban J connectivity index is 1.28. The number of hydrogen-bond donors (Lipinski definition) is 2. The Morgan fingerprint density at radius 3 is 2.38 bits per heavy atom. The minimum atomic E-state index is -3.94. The fourth-order valence-corrected chi connectivity index (χ4v) is 6.73. The number of alkyl halides is 2. The highest BCUT2D eigenvalue weighted by Gasteiger charge is 2.31. The fourth-order valence-electron chi connectivity index (χ4n) is 5.56. The van der Waals surface area contributed by atoms with Crippen LogP contribution in [0.1, 0.15) is 64.4 Å². The van der Waals surface area contributed by atoms with Crippen molar-refractivity contribution in [2.24, 2.45) is 0 Å². The summed E-state index contributed by atoms with van der Waals surface area (Å²) in [4.78, 5) is 16.3. The van der Waals surface area contributed by atoms with Crippen LogP contribution >= 0.6 is 0 Å². The Labute approximate surface area is 246 Å². The van der Waals surface area contributed by atoms with E-state index in [0.29, 0.717) is 31.0 Å². The van der Waals surface area contributed by atoms with Crippen LogP contribution in [-0.4, -0.2) is 78.3 Å². The van der Waals surface area contributed by atoms with Crippen LogP contribution in [0, 0.1) is 0 Å². The number of ether oxygens (including phenoxy) is 1. The summed E-state index contributed by atoms with van der Waals surface area (Å²) in [5.41, 5.74) is 3.67. The lowest BCUT2D eigenvalue weighted by Gasteiger charge is -2.42. The van der Waals surface area contributed by atoms with Crippen molar-refractivity contribution in [2.45, 2.75) is 82.8 Å². The van der Waals surface area contributed by atoms with E-state index >= 15 is 0 Å². The first-order valence-corrected chi connectivity index (χ1v) is 16.2. The highest BCUT2D eigenvalue weighted by atomic mass is 32.2. The van der Waals surface area contributed by atoms with E-state index in [1.807, 2.05) is 12.3 Å². The van der Waals surface area contributed by atoms with Crippen molar-refractivity contribution >= 4 is 32.7 Å². The first-order chi connectivity index (χ1) is 19.9. The Morgan fingerprint density at radius 1 is 1.05 bits per heavy atom. The molecular weight excluding hydrogens is 562 g/mol. The van der Waals surface area contributed by atoms with Crippen molar-refractivity contribution in [2.75, 3.05) is 36.1 Å². The van der Waals surface area contributed by atoms with Crippen LogP contribution in [0.25, 0.3) is 22.0 Å². The van der Waals surface area contributed by atoms with Crippen LogP contribution < -0.4 is 10.0 Å². The summed E-state index contributed by atoms with van der Waals surface area (Å²) >= 11 is 0. The summed E-state index contributed by atoms with van der Waals surface area (Å²) < 4.78 is 58.2. The lowest BCUT2D eigenvalue weighted by atomic mass is 9.89. The zero-order valence-electron chi connectivity index (χ0n) is 24.6. The Bertz CT molecular complexity index is 1490. The lowest BCUT2D eigenvalue weighted by Crippen LogP contribution is -2.52. The van der Waals surface area contributed by atoms with Crippen LogP contribution in [0.5, 0.6) is 0 Å². The van der Waals surface area contributed by atoms with Gasteiger partial charge in [0.25, 0.3) is 0 Å².